The van der Waals surface area contributed by atoms with Crippen LogP contribution in [0.1, 0.15) is 4.88 Å². The number of thiophene rings is 1. The average Bonchev–Trinajstić information content (AvgIpc) is 3.50. The molecule has 4 heterocycles. The van der Waals surface area contributed by atoms with Gasteiger partial charge in [0.05, 0.1) is 15.5 Å². The molecule has 0 aliphatic carbocycles. The average molecular weight is 510 g/mol. The van der Waals surface area contributed by atoms with Crippen LogP contribution in [-0.2, 0) is 23.4 Å². The lowest BCUT2D eigenvalue weighted by Crippen LogP contribution is -2.43. The van der Waals surface area contributed by atoms with E-state index >= 15 is 0 Å². The third kappa shape index (κ3) is 5.27. The number of nitrogens with zero attached hydrogens (tertiary/aromatic N) is 6. The van der Waals surface area contributed by atoms with Crippen LogP contribution in [0.3, 0.4) is 0 Å². The van der Waals surface area contributed by atoms with Crippen molar-refractivity contribution in [2.45, 2.75) is 16.6 Å². The maximum absolute atomic E-state index is 12.8. The summed E-state index contributed by atoms with van der Waals surface area (Å²) in [6, 6.07) is 12.7. The molecule has 0 radical (unpaired) electrons. The van der Waals surface area contributed by atoms with Crippen LogP contribution < -0.4 is 5.32 Å². The smallest absolute Gasteiger partial charge is 0.240 e. The number of piperazine rings is 1. The fraction of sp³-hybridized carbons (Fsp3) is 0.292. The van der Waals surface area contributed by atoms with Crippen LogP contribution >= 0.6 is 11.3 Å². The van der Waals surface area contributed by atoms with Gasteiger partial charge >= 0.3 is 0 Å². The second kappa shape index (κ2) is 9.86. The minimum Gasteiger partial charge on any atom is -0.325 e. The second-order valence-corrected chi connectivity index (χ2v) is 11.6. The number of aromatic nitrogens is 4. The summed E-state index contributed by atoms with van der Waals surface area (Å²) in [4.78, 5) is 20.4. The monoisotopic (exact) mass is 509 g/mol. The molecule has 0 atom stereocenters. The van der Waals surface area contributed by atoms with Crippen molar-refractivity contribution in [1.29, 1.82) is 0 Å². The maximum atomic E-state index is 12.8. The van der Waals surface area contributed by atoms with Crippen molar-refractivity contribution >= 4 is 32.8 Å². The number of imidazole rings is 1. The van der Waals surface area contributed by atoms with Gasteiger partial charge in [0.1, 0.15) is 0 Å². The van der Waals surface area contributed by atoms with Gasteiger partial charge in [-0.3, -0.25) is 4.90 Å². The summed E-state index contributed by atoms with van der Waals surface area (Å²) in [5, 5.41) is 3.18. The van der Waals surface area contributed by atoms with Crippen LogP contribution in [0.5, 0.6) is 0 Å². The van der Waals surface area contributed by atoms with Gasteiger partial charge in [0.25, 0.3) is 0 Å². The van der Waals surface area contributed by atoms with Crippen molar-refractivity contribution < 1.29 is 8.42 Å². The number of anilines is 2. The molecule has 1 N–H and O–H groups in total. The Balaban J connectivity index is 1.27. The van der Waals surface area contributed by atoms with Crippen LogP contribution in [0.15, 0.2) is 71.1 Å². The normalized spacial score (nSPS) is 15.4. The van der Waals surface area contributed by atoms with Gasteiger partial charge in [0, 0.05) is 68.9 Å². The maximum Gasteiger partial charge on any atom is 0.240 e. The summed E-state index contributed by atoms with van der Waals surface area (Å²) in [6.45, 7) is 5.35. The second-order valence-electron chi connectivity index (χ2n) is 8.58. The zero-order chi connectivity index (χ0) is 24.4. The zero-order valence-electron chi connectivity index (χ0n) is 19.6. The molecule has 182 valence electrons. The first-order valence-electron chi connectivity index (χ1n) is 11.3. The van der Waals surface area contributed by atoms with Gasteiger partial charge in [0.15, 0.2) is 0 Å². The van der Waals surface area contributed by atoms with Gasteiger partial charge in [-0.05, 0) is 49.5 Å². The van der Waals surface area contributed by atoms with E-state index in [4.69, 9.17) is 0 Å². The summed E-state index contributed by atoms with van der Waals surface area (Å²) in [5.74, 6) is 0.455. The summed E-state index contributed by atoms with van der Waals surface area (Å²) < 4.78 is 27.1. The predicted octanol–water partition coefficient (Wildman–Crippen LogP) is 3.26. The molecule has 0 unspecified atom stereocenters. The van der Waals surface area contributed by atoms with Crippen LogP contribution in [0.4, 0.5) is 11.6 Å². The van der Waals surface area contributed by atoms with Gasteiger partial charge in [-0.25, -0.2) is 23.4 Å². The highest BCUT2D eigenvalue weighted by Gasteiger charge is 2.22. The van der Waals surface area contributed by atoms with Gasteiger partial charge in [0.2, 0.25) is 20.9 Å². The van der Waals surface area contributed by atoms with Gasteiger partial charge in [-0.2, -0.15) is 0 Å². The molecule has 9 nitrogen and oxygen atoms in total. The summed E-state index contributed by atoms with van der Waals surface area (Å²) >= 11 is 1.75. The van der Waals surface area contributed by atoms with Crippen molar-refractivity contribution in [2.75, 3.05) is 38.5 Å². The fourth-order valence-corrected chi connectivity index (χ4v) is 6.31. The Bertz CT molecular complexity index is 1410. The molecule has 35 heavy (non-hydrogen) atoms. The third-order valence-corrected chi connectivity index (χ3v) is 8.84. The number of nitrogens with one attached hydrogen (secondary N) is 1. The van der Waals surface area contributed by atoms with Crippen molar-refractivity contribution in [3.8, 4) is 10.6 Å². The SMILES string of the molecule is CN1CCN(Cc2ccc(-c3ccnc(Nc4ccc(S(=O)(=O)c5nccn5C)cc4)n3)s2)CC1. The molecule has 5 rings (SSSR count). The van der Waals surface area contributed by atoms with E-state index in [-0.39, 0.29) is 10.1 Å². The third-order valence-electron chi connectivity index (χ3n) is 5.98. The standard InChI is InChI=1S/C24H27N7O2S2/c1-29-13-15-31(16-14-29)17-19-5-8-22(34-19)21-9-10-25-23(28-21)27-18-3-6-20(7-4-18)35(32,33)24-26-11-12-30(24)2/h3-12H,13-17H2,1-2H3,(H,25,27,28). The number of rotatable bonds is 7. The highest BCUT2D eigenvalue weighted by Crippen LogP contribution is 2.29. The highest BCUT2D eigenvalue weighted by molar-refractivity contribution is 7.91. The highest BCUT2D eigenvalue weighted by atomic mass is 32.2. The molecule has 0 amide bonds. The van der Waals surface area contributed by atoms with E-state index in [1.165, 1.54) is 15.6 Å². The number of hydrogen-bond donors (Lipinski definition) is 1. The minimum absolute atomic E-state index is 0.0113. The lowest BCUT2D eigenvalue weighted by molar-refractivity contribution is 0.149. The number of hydrogen-bond acceptors (Lipinski definition) is 9. The minimum atomic E-state index is -3.68. The lowest BCUT2D eigenvalue weighted by Gasteiger charge is -2.31. The Morgan fingerprint density at radius 3 is 2.43 bits per heavy atom. The molecular formula is C24H27N7O2S2. The van der Waals surface area contributed by atoms with Crippen LogP contribution in [0.2, 0.25) is 0 Å². The molecule has 4 aromatic rings. The molecule has 1 aromatic carbocycles. The summed E-state index contributed by atoms with van der Waals surface area (Å²) in [6.07, 6.45) is 4.80. The van der Waals surface area contributed by atoms with Crippen molar-refractivity contribution in [1.82, 2.24) is 29.3 Å². The van der Waals surface area contributed by atoms with E-state index in [0.717, 1.165) is 43.3 Å². The molecular weight excluding hydrogens is 482 g/mol. The number of sulfone groups is 1. The van der Waals surface area contributed by atoms with E-state index in [2.05, 4.69) is 49.2 Å². The molecule has 0 spiro atoms. The zero-order valence-corrected chi connectivity index (χ0v) is 21.3. The molecule has 1 saturated heterocycles. The van der Waals surface area contributed by atoms with Crippen LogP contribution in [0, 0.1) is 0 Å². The van der Waals surface area contributed by atoms with Gasteiger partial charge in [-0.15, -0.1) is 11.3 Å². The van der Waals surface area contributed by atoms with E-state index in [1.54, 1.807) is 55.0 Å². The lowest BCUT2D eigenvalue weighted by atomic mass is 10.3. The molecule has 3 aromatic heterocycles. The Hall–Kier alpha value is -3.12. The first kappa shape index (κ1) is 23.6. The van der Waals surface area contributed by atoms with Gasteiger partial charge < -0.3 is 14.8 Å². The first-order chi connectivity index (χ1) is 16.9. The Morgan fingerprint density at radius 2 is 1.71 bits per heavy atom. The first-order valence-corrected chi connectivity index (χ1v) is 13.6. The van der Waals surface area contributed by atoms with E-state index in [1.807, 2.05) is 6.07 Å². The van der Waals surface area contributed by atoms with Crippen LogP contribution in [0.25, 0.3) is 10.6 Å². The molecule has 0 saturated carbocycles. The Morgan fingerprint density at radius 1 is 0.943 bits per heavy atom. The molecule has 1 aliphatic heterocycles. The molecule has 0 bridgehead atoms. The van der Waals surface area contributed by atoms with E-state index < -0.39 is 9.84 Å². The topological polar surface area (TPSA) is 96.2 Å². The summed E-state index contributed by atoms with van der Waals surface area (Å²) in [7, 11) is 0.141. The van der Waals surface area contributed by atoms with Gasteiger partial charge in [-0.1, -0.05) is 0 Å². The van der Waals surface area contributed by atoms with Crippen molar-refractivity contribution in [3.63, 3.8) is 0 Å². The largest absolute Gasteiger partial charge is 0.325 e. The van der Waals surface area contributed by atoms with E-state index in [0.29, 0.717) is 11.6 Å². The Labute approximate surface area is 209 Å². The molecule has 11 heteroatoms. The molecule has 1 aliphatic rings. The number of benzene rings is 1. The molecule has 1 fully saturated rings. The quantitative estimate of drug-likeness (QED) is 0.406. The van der Waals surface area contributed by atoms with Crippen molar-refractivity contribution in [2.24, 2.45) is 7.05 Å². The van der Waals surface area contributed by atoms with Crippen LogP contribution in [-0.4, -0.2) is 71.0 Å². The Kier molecular flexibility index (Phi) is 6.65. The predicted molar refractivity (Wildman–Crippen MR) is 137 cm³/mol. The van der Waals surface area contributed by atoms with E-state index in [9.17, 15) is 8.42 Å². The number of aryl methyl sites for hydroxylation is 1. The fourth-order valence-electron chi connectivity index (χ4n) is 3.95. The number of likely N-dealkylation sites (N-methyl/N-ethyl adjacent to an activating group) is 1. The summed E-state index contributed by atoms with van der Waals surface area (Å²) in [5.41, 5.74) is 1.55. The van der Waals surface area contributed by atoms with Crippen molar-refractivity contribution in [3.05, 3.63) is 65.9 Å².